The van der Waals surface area contributed by atoms with Gasteiger partial charge in [0.1, 0.15) is 5.82 Å². The number of halogens is 7. The molecule has 1 heterocycles. The van der Waals surface area contributed by atoms with Crippen molar-refractivity contribution in [3.8, 4) is 0 Å². The van der Waals surface area contributed by atoms with E-state index in [1.807, 2.05) is 0 Å². The van der Waals surface area contributed by atoms with Gasteiger partial charge in [0.2, 0.25) is 0 Å². The van der Waals surface area contributed by atoms with Gasteiger partial charge in [-0.3, -0.25) is 0 Å². The Bertz CT molecular complexity index is 616. The van der Waals surface area contributed by atoms with Gasteiger partial charge in [0.15, 0.2) is 0 Å². The SMILES string of the molecule is Cc1cc(F)c(N2CCCC2CNCC(F)(F)F)cc1SCC(F)(F)F. The van der Waals surface area contributed by atoms with Crippen molar-refractivity contribution in [2.24, 2.45) is 0 Å². The fourth-order valence-electron chi connectivity index (χ4n) is 2.92. The van der Waals surface area contributed by atoms with Crippen molar-refractivity contribution >= 4 is 17.4 Å². The molecule has 1 N–H and O–H groups in total. The molecule has 0 amide bonds. The van der Waals surface area contributed by atoms with E-state index >= 15 is 0 Å². The molecule has 0 bridgehead atoms. The van der Waals surface area contributed by atoms with Crippen molar-refractivity contribution in [3.05, 3.63) is 23.5 Å². The lowest BCUT2D eigenvalue weighted by Crippen LogP contribution is -2.41. The Kier molecular flexibility index (Phi) is 6.70. The van der Waals surface area contributed by atoms with Crippen LogP contribution in [0.25, 0.3) is 0 Å². The average Bonchev–Trinajstić information content (AvgIpc) is 2.92. The highest BCUT2D eigenvalue weighted by molar-refractivity contribution is 7.99. The molecule has 0 spiro atoms. The van der Waals surface area contributed by atoms with E-state index in [4.69, 9.17) is 0 Å². The quantitative estimate of drug-likeness (QED) is 0.536. The van der Waals surface area contributed by atoms with E-state index < -0.39 is 30.5 Å². The zero-order chi connectivity index (χ0) is 19.5. The van der Waals surface area contributed by atoms with Crippen molar-refractivity contribution in [2.45, 2.75) is 43.1 Å². The van der Waals surface area contributed by atoms with Gasteiger partial charge in [0, 0.05) is 24.0 Å². The molecule has 1 fully saturated rings. The van der Waals surface area contributed by atoms with Crippen molar-refractivity contribution in [1.82, 2.24) is 5.32 Å². The zero-order valence-electron chi connectivity index (χ0n) is 14.0. The zero-order valence-corrected chi connectivity index (χ0v) is 14.8. The second-order valence-electron chi connectivity index (χ2n) is 6.21. The van der Waals surface area contributed by atoms with Gasteiger partial charge in [0.05, 0.1) is 18.0 Å². The van der Waals surface area contributed by atoms with Crippen LogP contribution in [0.3, 0.4) is 0 Å². The van der Waals surface area contributed by atoms with Gasteiger partial charge in [0.25, 0.3) is 0 Å². The molecular weight excluding hydrogens is 385 g/mol. The summed E-state index contributed by atoms with van der Waals surface area (Å²) in [6.07, 6.45) is -7.41. The second kappa shape index (κ2) is 8.24. The number of hydrogen-bond acceptors (Lipinski definition) is 3. The second-order valence-corrected chi connectivity index (χ2v) is 7.23. The number of benzene rings is 1. The predicted octanol–water partition coefficient (Wildman–Crippen LogP) is 4.91. The minimum atomic E-state index is -4.34. The Morgan fingerprint density at radius 2 is 1.85 bits per heavy atom. The predicted molar refractivity (Wildman–Crippen MR) is 87.2 cm³/mol. The minimum Gasteiger partial charge on any atom is -0.365 e. The van der Waals surface area contributed by atoms with Crippen LogP contribution < -0.4 is 10.2 Å². The summed E-state index contributed by atoms with van der Waals surface area (Å²) in [7, 11) is 0. The Hall–Kier alpha value is -1.16. The van der Waals surface area contributed by atoms with E-state index in [1.165, 1.54) is 19.1 Å². The number of alkyl halides is 6. The van der Waals surface area contributed by atoms with Crippen molar-refractivity contribution in [2.75, 3.05) is 30.3 Å². The van der Waals surface area contributed by atoms with Crippen LogP contribution in [0.1, 0.15) is 18.4 Å². The topological polar surface area (TPSA) is 15.3 Å². The first kappa shape index (κ1) is 21.1. The molecule has 0 aromatic heterocycles. The summed E-state index contributed by atoms with van der Waals surface area (Å²) < 4.78 is 88.5. The molecule has 2 rings (SSSR count). The van der Waals surface area contributed by atoms with Gasteiger partial charge in [-0.1, -0.05) is 0 Å². The Balaban J connectivity index is 2.12. The molecule has 1 aliphatic rings. The van der Waals surface area contributed by atoms with Gasteiger partial charge >= 0.3 is 12.4 Å². The molecule has 0 saturated carbocycles. The van der Waals surface area contributed by atoms with Gasteiger partial charge in [-0.2, -0.15) is 26.3 Å². The average molecular weight is 404 g/mol. The van der Waals surface area contributed by atoms with Gasteiger partial charge in [-0.05, 0) is 37.5 Å². The fraction of sp³-hybridized carbons (Fsp3) is 0.625. The monoisotopic (exact) mass is 404 g/mol. The van der Waals surface area contributed by atoms with Crippen LogP contribution in [0.2, 0.25) is 0 Å². The number of rotatable bonds is 6. The Labute approximate surface area is 151 Å². The van der Waals surface area contributed by atoms with Crippen LogP contribution in [-0.2, 0) is 0 Å². The molecule has 148 valence electrons. The number of nitrogens with zero attached hydrogens (tertiary/aromatic N) is 1. The van der Waals surface area contributed by atoms with E-state index in [1.54, 1.807) is 4.90 Å². The molecule has 1 unspecified atom stereocenters. The van der Waals surface area contributed by atoms with E-state index in [-0.39, 0.29) is 18.3 Å². The van der Waals surface area contributed by atoms with Gasteiger partial charge < -0.3 is 10.2 Å². The number of thioether (sulfide) groups is 1. The van der Waals surface area contributed by atoms with Crippen LogP contribution in [0.5, 0.6) is 0 Å². The van der Waals surface area contributed by atoms with Crippen LogP contribution in [0.4, 0.5) is 36.4 Å². The Morgan fingerprint density at radius 3 is 2.46 bits per heavy atom. The number of aryl methyl sites for hydroxylation is 1. The van der Waals surface area contributed by atoms with Gasteiger partial charge in [-0.25, -0.2) is 4.39 Å². The number of anilines is 1. The first-order valence-electron chi connectivity index (χ1n) is 8.00. The molecule has 2 nitrogen and oxygen atoms in total. The third kappa shape index (κ3) is 6.22. The van der Waals surface area contributed by atoms with Crippen molar-refractivity contribution in [1.29, 1.82) is 0 Å². The van der Waals surface area contributed by atoms with Crippen LogP contribution in [0.15, 0.2) is 17.0 Å². The van der Waals surface area contributed by atoms with Crippen molar-refractivity contribution in [3.63, 3.8) is 0 Å². The first-order valence-corrected chi connectivity index (χ1v) is 8.98. The van der Waals surface area contributed by atoms with E-state index in [2.05, 4.69) is 5.32 Å². The molecule has 26 heavy (non-hydrogen) atoms. The number of nitrogens with one attached hydrogen (secondary N) is 1. The molecule has 0 aliphatic carbocycles. The maximum absolute atomic E-state index is 14.4. The summed E-state index contributed by atoms with van der Waals surface area (Å²) in [6, 6.07) is 2.20. The Morgan fingerprint density at radius 1 is 1.15 bits per heavy atom. The highest BCUT2D eigenvalue weighted by atomic mass is 32.2. The molecule has 1 atom stereocenters. The van der Waals surface area contributed by atoms with Crippen molar-refractivity contribution < 1.29 is 30.7 Å². The number of hydrogen-bond donors (Lipinski definition) is 1. The summed E-state index contributed by atoms with van der Waals surface area (Å²) >= 11 is 0.575. The molecular formula is C16H19F7N2S. The summed E-state index contributed by atoms with van der Waals surface area (Å²) in [5.41, 5.74) is 0.531. The van der Waals surface area contributed by atoms with Crippen LogP contribution >= 0.6 is 11.8 Å². The molecule has 1 aliphatic heterocycles. The standard InChI is InChI=1S/C16H19F7N2S/c1-10-5-12(17)13(6-14(10)26-9-16(21,22)23)25-4-2-3-11(25)7-24-8-15(18,19)20/h5-6,11,24H,2-4,7-9H2,1H3. The highest BCUT2D eigenvalue weighted by Crippen LogP contribution is 2.36. The summed E-state index contributed by atoms with van der Waals surface area (Å²) in [5, 5.41) is 2.31. The highest BCUT2D eigenvalue weighted by Gasteiger charge is 2.31. The first-order chi connectivity index (χ1) is 12.0. The van der Waals surface area contributed by atoms with Crippen LogP contribution in [0, 0.1) is 12.7 Å². The lowest BCUT2D eigenvalue weighted by atomic mass is 10.1. The normalized spacial score (nSPS) is 18.6. The molecule has 0 radical (unpaired) electrons. The van der Waals surface area contributed by atoms with E-state index in [9.17, 15) is 30.7 Å². The third-order valence-electron chi connectivity index (χ3n) is 4.03. The van der Waals surface area contributed by atoms with E-state index in [0.717, 1.165) is 0 Å². The fourth-order valence-corrected chi connectivity index (χ4v) is 3.72. The maximum atomic E-state index is 14.4. The molecule has 1 aromatic rings. The van der Waals surface area contributed by atoms with E-state index in [0.29, 0.717) is 41.6 Å². The third-order valence-corrected chi connectivity index (χ3v) is 5.25. The molecule has 10 heteroatoms. The summed E-state index contributed by atoms with van der Waals surface area (Å²) in [6.45, 7) is 0.859. The molecule has 1 saturated heterocycles. The summed E-state index contributed by atoms with van der Waals surface area (Å²) in [5.74, 6) is -1.67. The lowest BCUT2D eigenvalue weighted by Gasteiger charge is -2.28. The van der Waals surface area contributed by atoms with Crippen LogP contribution in [-0.4, -0.2) is 43.8 Å². The lowest BCUT2D eigenvalue weighted by molar-refractivity contribution is -0.124. The smallest absolute Gasteiger partial charge is 0.365 e. The minimum absolute atomic E-state index is 0.0256. The maximum Gasteiger partial charge on any atom is 0.401 e. The van der Waals surface area contributed by atoms with Gasteiger partial charge in [-0.15, -0.1) is 11.8 Å². The largest absolute Gasteiger partial charge is 0.401 e. The molecule has 1 aromatic carbocycles. The summed E-state index contributed by atoms with van der Waals surface area (Å²) in [4.78, 5) is 1.95.